The number of hydrogen-bond acceptors (Lipinski definition) is 2. The highest BCUT2D eigenvalue weighted by atomic mass is 35.5. The Labute approximate surface area is 186 Å². The minimum atomic E-state index is -0.773. The van der Waals surface area contributed by atoms with Crippen LogP contribution in [0.25, 0.3) is 0 Å². The van der Waals surface area contributed by atoms with Crippen LogP contribution in [0.3, 0.4) is 0 Å². The zero-order chi connectivity index (χ0) is 22.4. The van der Waals surface area contributed by atoms with Crippen LogP contribution in [-0.4, -0.2) is 28.8 Å². The van der Waals surface area contributed by atoms with Gasteiger partial charge in [-0.2, -0.15) is 0 Å². The quantitative estimate of drug-likeness (QED) is 0.646. The van der Waals surface area contributed by atoms with E-state index in [2.05, 4.69) is 5.32 Å². The second kappa shape index (κ2) is 10.7. The zero-order valence-electron chi connectivity index (χ0n) is 17.5. The van der Waals surface area contributed by atoms with Crippen molar-refractivity contribution >= 4 is 23.4 Å². The normalized spacial score (nSPS) is 15.4. The first-order chi connectivity index (χ1) is 14.8. The molecule has 1 fully saturated rings. The average molecular weight is 449 g/mol. The van der Waals surface area contributed by atoms with Gasteiger partial charge >= 0.3 is 0 Å². The van der Waals surface area contributed by atoms with Crippen molar-refractivity contribution in [3.63, 3.8) is 0 Å². The summed E-state index contributed by atoms with van der Waals surface area (Å²) >= 11 is 6.10. The molecular formula is C24H27ClF2N2O2. The summed E-state index contributed by atoms with van der Waals surface area (Å²) in [4.78, 5) is 27.5. The summed E-state index contributed by atoms with van der Waals surface area (Å²) in [6, 6.07) is 9.32. The van der Waals surface area contributed by atoms with Crippen LogP contribution in [0.1, 0.15) is 50.2 Å². The van der Waals surface area contributed by atoms with E-state index in [0.29, 0.717) is 5.56 Å². The molecule has 1 atom stereocenters. The summed E-state index contributed by atoms with van der Waals surface area (Å²) in [7, 11) is 0. The lowest BCUT2D eigenvalue weighted by atomic mass is 9.95. The summed E-state index contributed by atoms with van der Waals surface area (Å²) in [5.41, 5.74) is 0.768. The van der Waals surface area contributed by atoms with Gasteiger partial charge in [-0.1, -0.05) is 49.1 Å². The molecule has 0 unspecified atom stereocenters. The summed E-state index contributed by atoms with van der Waals surface area (Å²) in [5.74, 6) is -1.63. The number of hydrogen-bond donors (Lipinski definition) is 1. The minimum absolute atomic E-state index is 0.0955. The largest absolute Gasteiger partial charge is 0.352 e. The van der Waals surface area contributed by atoms with Crippen molar-refractivity contribution in [1.82, 2.24) is 10.2 Å². The molecular weight excluding hydrogens is 422 g/mol. The molecule has 4 nitrogen and oxygen atoms in total. The number of halogens is 3. The van der Waals surface area contributed by atoms with E-state index in [1.165, 1.54) is 41.7 Å². The number of carbonyl (C=O) groups is 2. The van der Waals surface area contributed by atoms with Crippen molar-refractivity contribution in [3.05, 3.63) is 70.2 Å². The number of nitrogens with zero attached hydrogens (tertiary/aromatic N) is 1. The molecule has 3 rings (SSSR count). The lowest BCUT2D eigenvalue weighted by Gasteiger charge is -2.31. The molecule has 1 saturated carbocycles. The molecule has 2 amide bonds. The van der Waals surface area contributed by atoms with E-state index < -0.39 is 17.8 Å². The zero-order valence-corrected chi connectivity index (χ0v) is 18.3. The fourth-order valence-electron chi connectivity index (χ4n) is 3.89. The maximum atomic E-state index is 14.2. The van der Waals surface area contributed by atoms with Crippen LogP contribution < -0.4 is 5.32 Å². The highest BCUT2D eigenvalue weighted by Gasteiger charge is 2.29. The van der Waals surface area contributed by atoms with Crippen LogP contribution in [0.2, 0.25) is 5.02 Å². The van der Waals surface area contributed by atoms with Crippen LogP contribution in [0.5, 0.6) is 0 Å². The Hall–Kier alpha value is -2.47. The van der Waals surface area contributed by atoms with Gasteiger partial charge in [-0.25, -0.2) is 8.78 Å². The summed E-state index contributed by atoms with van der Waals surface area (Å²) in [6.45, 7) is 1.76. The van der Waals surface area contributed by atoms with Gasteiger partial charge in [0.15, 0.2) is 0 Å². The van der Waals surface area contributed by atoms with Crippen molar-refractivity contribution in [2.24, 2.45) is 0 Å². The van der Waals surface area contributed by atoms with E-state index in [1.54, 1.807) is 19.1 Å². The Morgan fingerprint density at radius 3 is 2.42 bits per heavy atom. The van der Waals surface area contributed by atoms with E-state index >= 15 is 0 Å². The van der Waals surface area contributed by atoms with Crippen LogP contribution in [0.15, 0.2) is 42.5 Å². The highest BCUT2D eigenvalue weighted by Crippen LogP contribution is 2.22. The summed E-state index contributed by atoms with van der Waals surface area (Å²) in [5, 5.41) is 3.20. The van der Waals surface area contributed by atoms with Crippen molar-refractivity contribution in [1.29, 1.82) is 0 Å². The molecule has 0 heterocycles. The van der Waals surface area contributed by atoms with Crippen molar-refractivity contribution in [2.75, 3.05) is 0 Å². The van der Waals surface area contributed by atoms with Crippen LogP contribution >= 0.6 is 11.6 Å². The lowest BCUT2D eigenvalue weighted by Crippen LogP contribution is -2.50. The van der Waals surface area contributed by atoms with Gasteiger partial charge in [0, 0.05) is 23.2 Å². The lowest BCUT2D eigenvalue weighted by molar-refractivity contribution is -0.140. The Balaban J connectivity index is 1.79. The van der Waals surface area contributed by atoms with Crippen LogP contribution in [0, 0.1) is 11.6 Å². The predicted octanol–water partition coefficient (Wildman–Crippen LogP) is 5.03. The molecule has 0 saturated heterocycles. The van der Waals surface area contributed by atoms with E-state index in [1.807, 2.05) is 0 Å². The van der Waals surface area contributed by atoms with Gasteiger partial charge in [0.05, 0.1) is 6.42 Å². The van der Waals surface area contributed by atoms with Crippen molar-refractivity contribution in [2.45, 2.75) is 64.1 Å². The summed E-state index contributed by atoms with van der Waals surface area (Å²) in [6.07, 6.45) is 4.89. The third-order valence-electron chi connectivity index (χ3n) is 5.77. The maximum absolute atomic E-state index is 14.2. The Morgan fingerprint density at radius 2 is 1.77 bits per heavy atom. The molecule has 2 aromatic rings. The van der Waals surface area contributed by atoms with Gasteiger partial charge in [-0.05, 0) is 49.6 Å². The molecule has 7 heteroatoms. The fourth-order valence-corrected chi connectivity index (χ4v) is 4.12. The van der Waals surface area contributed by atoms with Gasteiger partial charge < -0.3 is 10.2 Å². The van der Waals surface area contributed by atoms with E-state index in [4.69, 9.17) is 11.6 Å². The van der Waals surface area contributed by atoms with Crippen molar-refractivity contribution < 1.29 is 18.4 Å². The van der Waals surface area contributed by atoms with Gasteiger partial charge in [0.1, 0.15) is 17.7 Å². The van der Waals surface area contributed by atoms with Crippen LogP contribution in [-0.2, 0) is 22.6 Å². The topological polar surface area (TPSA) is 49.4 Å². The number of carbonyl (C=O) groups excluding carboxylic acids is 2. The van der Waals surface area contributed by atoms with Crippen molar-refractivity contribution in [3.8, 4) is 0 Å². The van der Waals surface area contributed by atoms with Gasteiger partial charge in [-0.15, -0.1) is 0 Å². The fraction of sp³-hybridized carbons (Fsp3) is 0.417. The Bertz CT molecular complexity index is 894. The molecule has 0 spiro atoms. The first-order valence-corrected chi connectivity index (χ1v) is 11.0. The molecule has 0 aromatic heterocycles. The van der Waals surface area contributed by atoms with Crippen LogP contribution in [0.4, 0.5) is 8.78 Å². The smallest absolute Gasteiger partial charge is 0.242 e. The molecule has 1 N–H and O–H groups in total. The third-order valence-corrected chi connectivity index (χ3v) is 6.13. The molecule has 166 valence electrons. The van der Waals surface area contributed by atoms with E-state index in [0.717, 1.165) is 25.7 Å². The maximum Gasteiger partial charge on any atom is 0.242 e. The molecule has 2 aromatic carbocycles. The number of rotatable bonds is 7. The molecule has 1 aliphatic rings. The third kappa shape index (κ3) is 6.26. The number of nitrogens with one attached hydrogen (secondary N) is 1. The molecule has 0 aliphatic heterocycles. The van der Waals surface area contributed by atoms with Gasteiger partial charge in [-0.3, -0.25) is 9.59 Å². The molecule has 31 heavy (non-hydrogen) atoms. The molecule has 0 radical (unpaired) electrons. The molecule has 0 bridgehead atoms. The monoisotopic (exact) mass is 448 g/mol. The first kappa shape index (κ1) is 23.2. The predicted molar refractivity (Wildman–Crippen MR) is 117 cm³/mol. The Morgan fingerprint density at radius 1 is 1.10 bits per heavy atom. The second-order valence-corrected chi connectivity index (χ2v) is 8.45. The minimum Gasteiger partial charge on any atom is -0.352 e. The van der Waals surface area contributed by atoms with E-state index in [9.17, 15) is 18.4 Å². The number of amides is 2. The first-order valence-electron chi connectivity index (χ1n) is 10.6. The van der Waals surface area contributed by atoms with Gasteiger partial charge in [0.25, 0.3) is 0 Å². The highest BCUT2D eigenvalue weighted by molar-refractivity contribution is 6.31. The standard InChI is InChI=1S/C24H27ClF2N2O2/c1-16(24(31)28-19-6-3-2-4-7-19)29(15-17-10-12-18(26)13-11-17)23(30)14-20-21(25)8-5-9-22(20)27/h5,8-13,16,19H,2-4,6-7,14-15H2,1H3,(H,28,31)/t16-/m1/s1. The SMILES string of the molecule is C[C@H](C(=O)NC1CCCCC1)N(Cc1ccc(F)cc1)C(=O)Cc1c(F)cccc1Cl. The average Bonchev–Trinajstić information content (AvgIpc) is 2.76. The van der Waals surface area contributed by atoms with E-state index in [-0.39, 0.29) is 41.3 Å². The second-order valence-electron chi connectivity index (χ2n) is 8.04. The summed E-state index contributed by atoms with van der Waals surface area (Å²) < 4.78 is 27.5. The number of benzene rings is 2. The van der Waals surface area contributed by atoms with Gasteiger partial charge in [0.2, 0.25) is 11.8 Å². The molecule has 1 aliphatic carbocycles. The Kier molecular flexibility index (Phi) is 8.02.